The van der Waals surface area contributed by atoms with E-state index in [2.05, 4.69) is 22.5 Å². The molecule has 274 valence electrons. The molecule has 7 rings (SSSR count). The zero-order chi connectivity index (χ0) is 36.5. The number of carbonyl (C=O) groups is 1. The van der Waals surface area contributed by atoms with Gasteiger partial charge in [0.15, 0.2) is 12.3 Å². The smallest absolute Gasteiger partial charge is 0.303 e. The van der Waals surface area contributed by atoms with Crippen LogP contribution in [0.1, 0.15) is 89.2 Å². The molecule has 0 aliphatic carbocycles. The van der Waals surface area contributed by atoms with E-state index in [1.165, 1.54) is 12.1 Å². The molecular weight excluding hydrogens is 697 g/mol. The number of benzene rings is 2. The number of carboxylic acids is 1. The number of rotatable bonds is 12. The van der Waals surface area contributed by atoms with Crippen molar-refractivity contribution in [3.05, 3.63) is 70.4 Å². The first-order valence-corrected chi connectivity index (χ1v) is 20.7. The van der Waals surface area contributed by atoms with Gasteiger partial charge in [-0.3, -0.25) is 13.9 Å². The highest BCUT2D eigenvalue weighted by atomic mass is 32.2. The van der Waals surface area contributed by atoms with Crippen molar-refractivity contribution in [2.75, 3.05) is 23.7 Å². The number of phenolic OH excluding ortho intramolecular Hbond substituents is 1. The highest BCUT2D eigenvalue weighted by Gasteiger charge is 2.56. The topological polar surface area (TPSA) is 182 Å². The van der Waals surface area contributed by atoms with Crippen molar-refractivity contribution >= 4 is 43.3 Å². The SMILES string of the molecule is CC1(CCCCS(=O)(=O)O)C2=C3C=C4C5=[N+](CCC4OC3CCN2c2ccc(S(=O)(=O)O)cc21)c1ccc(O)cc1C5(C)CCCCCC(=O)O. The molecule has 0 fully saturated rings. The molecule has 5 aliphatic rings. The number of aliphatic carboxylic acids is 1. The van der Waals surface area contributed by atoms with E-state index >= 15 is 0 Å². The van der Waals surface area contributed by atoms with Crippen LogP contribution in [0, 0.1) is 0 Å². The molecule has 0 aromatic heterocycles. The molecule has 0 bridgehead atoms. The minimum absolute atomic E-state index is 0.120. The number of unbranched alkanes of at least 4 members (excludes halogenated alkanes) is 3. The predicted octanol–water partition coefficient (Wildman–Crippen LogP) is 5.62. The van der Waals surface area contributed by atoms with Gasteiger partial charge in [-0.25, -0.2) is 0 Å². The Labute approximate surface area is 298 Å². The van der Waals surface area contributed by atoms with Crippen LogP contribution in [0.2, 0.25) is 0 Å². The van der Waals surface area contributed by atoms with Crippen molar-refractivity contribution < 1.29 is 50.3 Å². The maximum Gasteiger partial charge on any atom is 0.303 e. The van der Waals surface area contributed by atoms with Gasteiger partial charge in [0.05, 0.1) is 28.3 Å². The van der Waals surface area contributed by atoms with Crippen molar-refractivity contribution in [3.63, 3.8) is 0 Å². The molecule has 4 atom stereocenters. The van der Waals surface area contributed by atoms with Crippen LogP contribution in [0.25, 0.3) is 0 Å². The number of fused-ring (bicyclic) bond motifs is 8. The molecule has 0 saturated carbocycles. The summed E-state index contributed by atoms with van der Waals surface area (Å²) in [4.78, 5) is 13.2. The lowest BCUT2D eigenvalue weighted by Crippen LogP contribution is -2.48. The molecule has 2 aromatic rings. The molecule has 14 heteroatoms. The summed E-state index contributed by atoms with van der Waals surface area (Å²) in [6.07, 6.45) is 7.45. The Bertz CT molecular complexity index is 2120. The molecule has 2 aromatic carbocycles. The minimum atomic E-state index is -4.50. The second-order valence-corrected chi connectivity index (χ2v) is 18.0. The highest BCUT2D eigenvalue weighted by molar-refractivity contribution is 7.86. The van der Waals surface area contributed by atoms with Gasteiger partial charge in [-0.1, -0.05) is 19.3 Å². The first-order chi connectivity index (χ1) is 24.0. The van der Waals surface area contributed by atoms with Crippen molar-refractivity contribution in [1.82, 2.24) is 0 Å². The first-order valence-electron chi connectivity index (χ1n) is 17.7. The van der Waals surface area contributed by atoms with Crippen LogP contribution in [-0.2, 0) is 40.6 Å². The zero-order valence-electron chi connectivity index (χ0n) is 28.8. The van der Waals surface area contributed by atoms with E-state index in [1.54, 1.807) is 12.1 Å². The summed E-state index contributed by atoms with van der Waals surface area (Å²) in [6, 6.07) is 10.2. The largest absolute Gasteiger partial charge is 0.508 e. The third kappa shape index (κ3) is 6.32. The van der Waals surface area contributed by atoms with Gasteiger partial charge < -0.3 is 19.8 Å². The quantitative estimate of drug-likeness (QED) is 0.120. The van der Waals surface area contributed by atoms with Gasteiger partial charge in [0.25, 0.3) is 20.2 Å². The van der Waals surface area contributed by atoms with Crippen molar-refractivity contribution in [2.24, 2.45) is 0 Å². The molecule has 12 nitrogen and oxygen atoms in total. The molecule has 0 saturated heterocycles. The average Bonchev–Trinajstić information content (AvgIpc) is 3.46. The Balaban J connectivity index is 1.35. The first kappa shape index (κ1) is 35.8. The summed E-state index contributed by atoms with van der Waals surface area (Å²) < 4.78 is 76.4. The lowest BCUT2D eigenvalue weighted by molar-refractivity contribution is -0.445. The monoisotopic (exact) mass is 741 g/mol. The molecule has 5 heterocycles. The molecule has 4 unspecified atom stereocenters. The summed E-state index contributed by atoms with van der Waals surface area (Å²) in [5, 5.41) is 19.8. The predicted molar refractivity (Wildman–Crippen MR) is 190 cm³/mol. The number of aromatic hydroxyl groups is 1. The molecule has 5 aliphatic heterocycles. The van der Waals surface area contributed by atoms with Gasteiger partial charge in [0.1, 0.15) is 5.75 Å². The average molecular weight is 742 g/mol. The van der Waals surface area contributed by atoms with Crippen LogP contribution >= 0.6 is 0 Å². The lowest BCUT2D eigenvalue weighted by Gasteiger charge is -2.43. The van der Waals surface area contributed by atoms with Gasteiger partial charge in [0, 0.05) is 59.0 Å². The van der Waals surface area contributed by atoms with E-state index < -0.39 is 37.0 Å². The molecule has 0 spiro atoms. The second-order valence-electron chi connectivity index (χ2n) is 15.0. The summed E-state index contributed by atoms with van der Waals surface area (Å²) in [5.41, 5.74) is 6.45. The fourth-order valence-electron chi connectivity index (χ4n) is 9.34. The van der Waals surface area contributed by atoms with E-state index in [4.69, 9.17) is 4.74 Å². The van der Waals surface area contributed by atoms with Gasteiger partial charge in [-0.2, -0.15) is 21.4 Å². The standard InChI is InChI=1S/C37H44N2O10S2/c1-36(15-5-3-4-8-33(41)42)27-20-23(40)9-11-29(27)38-17-13-31-25(34(36)38)22-26-32(49-31)14-18-39-30-12-10-24(51(46,47)48)21-28(30)37(2,35(26)39)16-6-7-19-50(43,44)45/h9-12,20-22,31-32H,3-8,13-19H2,1-2H3,(H3-,40,41,42,43,44,45,46,47,48)/p+1. The molecule has 4 N–H and O–H groups in total. The maximum atomic E-state index is 12.3. The lowest BCUT2D eigenvalue weighted by atomic mass is 9.70. The zero-order valence-corrected chi connectivity index (χ0v) is 30.5. The third-order valence-electron chi connectivity index (χ3n) is 11.6. The summed E-state index contributed by atoms with van der Waals surface area (Å²) in [6.45, 7) is 5.58. The van der Waals surface area contributed by atoms with Crippen LogP contribution in [-0.4, -0.2) is 83.5 Å². The number of hydrogen-bond acceptors (Lipinski definition) is 8. The summed E-state index contributed by atoms with van der Waals surface area (Å²) in [7, 11) is -8.65. The van der Waals surface area contributed by atoms with Crippen LogP contribution in [0.15, 0.2) is 64.2 Å². The summed E-state index contributed by atoms with van der Waals surface area (Å²) >= 11 is 0. The Hall–Kier alpha value is -3.56. The van der Waals surface area contributed by atoms with Gasteiger partial charge in [-0.15, -0.1) is 0 Å². The maximum absolute atomic E-state index is 12.3. The Morgan fingerprint density at radius 3 is 2.39 bits per heavy atom. The number of phenols is 1. The fourth-order valence-corrected chi connectivity index (χ4v) is 10.4. The number of anilines is 1. The van der Waals surface area contributed by atoms with E-state index in [0.717, 1.165) is 77.3 Å². The van der Waals surface area contributed by atoms with Crippen molar-refractivity contribution in [2.45, 2.75) is 106 Å². The van der Waals surface area contributed by atoms with Gasteiger partial charge in [0.2, 0.25) is 5.69 Å². The van der Waals surface area contributed by atoms with E-state index in [9.17, 15) is 40.9 Å². The summed E-state index contributed by atoms with van der Waals surface area (Å²) in [5.74, 6) is -1.01. The molecule has 0 amide bonds. The molecule has 0 radical (unpaired) electrons. The Morgan fingerprint density at radius 2 is 1.67 bits per heavy atom. The van der Waals surface area contributed by atoms with Crippen LogP contribution in [0.4, 0.5) is 11.4 Å². The normalized spacial score (nSPS) is 26.6. The fraction of sp³-hybridized carbons (Fsp3) is 0.514. The van der Waals surface area contributed by atoms with E-state index in [-0.39, 0.29) is 41.4 Å². The third-order valence-corrected chi connectivity index (χ3v) is 13.3. The Kier molecular flexibility index (Phi) is 9.01. The Morgan fingerprint density at radius 1 is 0.922 bits per heavy atom. The number of carboxylic acid groups (broad SMARTS) is 1. The van der Waals surface area contributed by atoms with Gasteiger partial charge >= 0.3 is 5.97 Å². The van der Waals surface area contributed by atoms with Crippen molar-refractivity contribution in [1.29, 1.82) is 0 Å². The number of ether oxygens (including phenoxy) is 1. The van der Waals surface area contributed by atoms with Crippen molar-refractivity contribution in [3.8, 4) is 5.75 Å². The van der Waals surface area contributed by atoms with Gasteiger partial charge in [-0.05, 0) is 87.9 Å². The van der Waals surface area contributed by atoms with Crippen LogP contribution < -0.4 is 4.90 Å². The number of nitrogens with zero attached hydrogens (tertiary/aromatic N) is 2. The minimum Gasteiger partial charge on any atom is -0.508 e. The van der Waals surface area contributed by atoms with Crippen LogP contribution in [0.3, 0.4) is 0 Å². The molecule has 51 heavy (non-hydrogen) atoms. The number of allylic oxidation sites excluding steroid dienone is 1. The van der Waals surface area contributed by atoms with E-state index in [1.807, 2.05) is 19.1 Å². The molecular formula is C37H45N2O10S2+. The number of hydrogen-bond donors (Lipinski definition) is 4. The van der Waals surface area contributed by atoms with Crippen LogP contribution in [0.5, 0.6) is 5.75 Å². The highest BCUT2D eigenvalue weighted by Crippen LogP contribution is 2.56. The second kappa shape index (κ2) is 12.8. The van der Waals surface area contributed by atoms with E-state index in [0.29, 0.717) is 32.2 Å².